The summed E-state index contributed by atoms with van der Waals surface area (Å²) in [6.45, 7) is 9.84. The van der Waals surface area contributed by atoms with Crippen LogP contribution in [0.5, 0.6) is 11.5 Å². The molecule has 0 spiro atoms. The number of hydrogen-bond donors (Lipinski definition) is 1. The van der Waals surface area contributed by atoms with Gasteiger partial charge in [0.2, 0.25) is 5.91 Å². The van der Waals surface area contributed by atoms with Crippen LogP contribution in [0, 0.1) is 13.8 Å². The molecule has 12 heteroatoms. The Kier molecular flexibility index (Phi) is 12.2. The molecular weight excluding hydrogens is 785 g/mol. The van der Waals surface area contributed by atoms with E-state index in [2.05, 4.69) is 44.8 Å². The van der Waals surface area contributed by atoms with E-state index in [1.54, 1.807) is 24.1 Å². The van der Waals surface area contributed by atoms with Crippen molar-refractivity contribution in [2.75, 3.05) is 50.2 Å². The number of carbonyl (C=O) groups excluding carboxylic acids is 3. The van der Waals surface area contributed by atoms with Gasteiger partial charge in [-0.3, -0.25) is 14.5 Å². The van der Waals surface area contributed by atoms with E-state index in [1.165, 1.54) is 12.5 Å². The van der Waals surface area contributed by atoms with Crippen molar-refractivity contribution < 1.29 is 27.7 Å². The number of nitrogens with one attached hydrogen (secondary N) is 1. The number of nitrogens with zero attached hydrogens (tertiary/aromatic N) is 4. The van der Waals surface area contributed by atoms with Crippen LogP contribution in [-0.2, 0) is 36.1 Å². The van der Waals surface area contributed by atoms with E-state index in [9.17, 15) is 9.59 Å². The zero-order chi connectivity index (χ0) is 40.2. The summed E-state index contributed by atoms with van der Waals surface area (Å²) in [5.41, 5.74) is 8.51. The number of anilines is 2. The fourth-order valence-electron chi connectivity index (χ4n) is 7.95. The van der Waals surface area contributed by atoms with E-state index >= 15 is 4.79 Å². The number of methoxy groups -OCH3 is 1. The fraction of sp³-hybridized carbons (Fsp3) is 0.311. The molecule has 5 aromatic rings. The molecule has 1 saturated heterocycles. The molecule has 4 aromatic carbocycles. The Labute approximate surface area is 342 Å². The second-order valence-electron chi connectivity index (χ2n) is 14.7. The molecule has 1 aromatic heterocycles. The van der Waals surface area contributed by atoms with Gasteiger partial charge in [-0.25, -0.2) is 0 Å². The molecule has 1 atom stereocenters. The van der Waals surface area contributed by atoms with Gasteiger partial charge in [0, 0.05) is 44.8 Å². The summed E-state index contributed by atoms with van der Waals surface area (Å²) in [6.07, 6.45) is 0.743. The quantitative estimate of drug-likeness (QED) is 0.152. The van der Waals surface area contributed by atoms with Gasteiger partial charge >= 0.3 is 191 Å². The molecule has 3 amide bonds. The summed E-state index contributed by atoms with van der Waals surface area (Å²) in [7, 11) is 3.54. The van der Waals surface area contributed by atoms with Crippen molar-refractivity contribution >= 4 is 45.4 Å². The zero-order valence-corrected chi connectivity index (χ0v) is 34.8. The van der Waals surface area contributed by atoms with Crippen molar-refractivity contribution in [2.24, 2.45) is 7.05 Å². The molecule has 57 heavy (non-hydrogen) atoms. The van der Waals surface area contributed by atoms with Crippen LogP contribution in [0.4, 0.5) is 11.4 Å². The average molecular weight is 834 g/mol. The van der Waals surface area contributed by atoms with Crippen LogP contribution in [0.2, 0.25) is 0 Å². The second-order valence-corrected chi connectivity index (χ2v) is 15.1. The Morgan fingerprint density at radius 3 is 2.35 bits per heavy atom. The van der Waals surface area contributed by atoms with E-state index in [0.29, 0.717) is 59.3 Å². The van der Waals surface area contributed by atoms with Crippen molar-refractivity contribution in [3.05, 3.63) is 130 Å². The topological polar surface area (TPSA) is 106 Å². The first-order valence-electron chi connectivity index (χ1n) is 19.2. The number of fused-ring (bicyclic) bond motifs is 1. The Balaban J connectivity index is 1.30. The van der Waals surface area contributed by atoms with Gasteiger partial charge in [0.1, 0.15) is 0 Å². The van der Waals surface area contributed by atoms with Gasteiger partial charge < -0.3 is 15.0 Å². The van der Waals surface area contributed by atoms with Crippen molar-refractivity contribution in [3.63, 3.8) is 0 Å². The van der Waals surface area contributed by atoms with Crippen LogP contribution in [0.3, 0.4) is 0 Å². The zero-order valence-electron chi connectivity index (χ0n) is 33.0. The van der Waals surface area contributed by atoms with E-state index in [1.807, 2.05) is 91.0 Å². The molecule has 2 aliphatic heterocycles. The third-order valence-corrected chi connectivity index (χ3v) is 11.6. The summed E-state index contributed by atoms with van der Waals surface area (Å²) in [5.74, 6) is 0.825. The van der Waals surface area contributed by atoms with Crippen molar-refractivity contribution in [2.45, 2.75) is 46.3 Å². The number of amides is 3. The molecule has 11 nitrogen and oxygen atoms in total. The predicted molar refractivity (Wildman–Crippen MR) is 222 cm³/mol. The maximum absolute atomic E-state index is 15.0. The molecule has 0 saturated carbocycles. The van der Waals surface area contributed by atoms with Gasteiger partial charge in [-0.05, 0) is 29.7 Å². The van der Waals surface area contributed by atoms with Gasteiger partial charge in [-0.15, -0.1) is 0 Å². The first-order chi connectivity index (χ1) is 27.6. The molecule has 1 radical (unpaired) electrons. The fourth-order valence-corrected chi connectivity index (χ4v) is 8.19. The van der Waals surface area contributed by atoms with Crippen LogP contribution in [0.1, 0.15) is 55.6 Å². The maximum atomic E-state index is 15.0. The normalized spacial score (nSPS) is 15.5. The number of hydrogen-bond acceptors (Lipinski definition) is 7. The molecule has 1 fully saturated rings. The molecule has 3 heterocycles. The summed E-state index contributed by atoms with van der Waals surface area (Å²) in [5, 5.41) is 2.90. The van der Waals surface area contributed by atoms with Crippen molar-refractivity contribution in [3.8, 4) is 22.8 Å². The molecule has 0 unspecified atom stereocenters. The van der Waals surface area contributed by atoms with Crippen LogP contribution in [0.25, 0.3) is 11.3 Å². The summed E-state index contributed by atoms with van der Waals surface area (Å²) in [4.78, 5) is 48.4. The van der Waals surface area contributed by atoms with E-state index in [-0.39, 0.29) is 30.3 Å². The minimum atomic E-state index is -0.224. The number of aromatic nitrogens is 1. The molecule has 7 rings (SSSR count). The SMILES string of the molecule is COc1cccc(CN(C(=O)c2cc(-c3cc(NC(C)=O)ccc3C(=O)N3Cc4ccccc4C[C@H]3CN3CCOCC3)n(C)c2C)c2ccc(O[Se])cc2)c1C. The monoisotopic (exact) mass is 834 g/mol. The predicted octanol–water partition coefficient (Wildman–Crippen LogP) is 6.48. The average Bonchev–Trinajstić information content (AvgIpc) is 3.52. The van der Waals surface area contributed by atoms with E-state index < -0.39 is 0 Å². The van der Waals surface area contributed by atoms with Crippen molar-refractivity contribution in [1.82, 2.24) is 14.4 Å². The molecular formula is C45H48N5O6Se. The number of morpholine rings is 1. The summed E-state index contributed by atoms with van der Waals surface area (Å²) < 4.78 is 18.5. The third-order valence-electron chi connectivity index (χ3n) is 11.2. The number of ether oxygens (including phenoxy) is 2. The van der Waals surface area contributed by atoms with Gasteiger partial charge in [-0.1, -0.05) is 24.3 Å². The Morgan fingerprint density at radius 1 is 0.912 bits per heavy atom. The van der Waals surface area contributed by atoms with E-state index in [0.717, 1.165) is 54.2 Å². The Morgan fingerprint density at radius 2 is 1.65 bits per heavy atom. The summed E-state index contributed by atoms with van der Waals surface area (Å²) in [6, 6.07) is 28.7. The van der Waals surface area contributed by atoms with Crippen LogP contribution >= 0.6 is 0 Å². The molecule has 1 N–H and O–H groups in total. The van der Waals surface area contributed by atoms with E-state index in [4.69, 9.17) is 13.3 Å². The molecule has 295 valence electrons. The Bertz CT molecular complexity index is 2280. The van der Waals surface area contributed by atoms with Gasteiger partial charge in [0.25, 0.3) is 5.91 Å². The number of rotatable bonds is 11. The first-order valence-corrected chi connectivity index (χ1v) is 19.9. The molecule has 0 aliphatic carbocycles. The van der Waals surface area contributed by atoms with Crippen LogP contribution in [-0.4, -0.2) is 94.4 Å². The van der Waals surface area contributed by atoms with Gasteiger partial charge in [0.05, 0.1) is 13.2 Å². The minimum absolute atomic E-state index is 0.0586. The van der Waals surface area contributed by atoms with Crippen LogP contribution in [0.15, 0.2) is 91.0 Å². The standard InChI is InChI=1S/C45H48N5O6Se/c1-29-33(11-8-12-43(29)54-5)26-49(36-14-16-38(56-57)17-15-36)45(53)40-25-42(47(4)30(40)2)41-24-35(46-31(3)51)13-18-39(41)44(52)50-27-34-10-7-6-9-32(34)23-37(50)28-48-19-21-55-22-20-48/h6-18,24-25,37H,19-23,26-28H2,1-5H3,(H,46,51)/t37-/m0/s1. The van der Waals surface area contributed by atoms with Crippen LogP contribution < -0.4 is 18.8 Å². The first kappa shape index (κ1) is 39.8. The Hall–Kier alpha value is -5.39. The summed E-state index contributed by atoms with van der Waals surface area (Å²) >= 11 is 2.57. The molecule has 0 bridgehead atoms. The van der Waals surface area contributed by atoms with Gasteiger partial charge in [-0.2, -0.15) is 0 Å². The molecule has 2 aliphatic rings. The van der Waals surface area contributed by atoms with Crippen molar-refractivity contribution in [1.29, 1.82) is 0 Å². The van der Waals surface area contributed by atoms with Gasteiger partial charge in [0.15, 0.2) is 0 Å². The third kappa shape index (κ3) is 8.50. The second kappa shape index (κ2) is 17.4. The number of carbonyl (C=O) groups is 3. The number of benzene rings is 4.